The number of anilines is 1. The maximum atomic E-state index is 6.01. The van der Waals surface area contributed by atoms with Crippen LogP contribution in [0.3, 0.4) is 0 Å². The predicted molar refractivity (Wildman–Crippen MR) is 92.5 cm³/mol. The molecule has 1 aromatic heterocycles. The third-order valence-corrected chi connectivity index (χ3v) is 4.80. The number of halogens is 2. The normalized spacial score (nSPS) is 19.9. The molecule has 4 rings (SSSR count). The smallest absolute Gasteiger partial charge is 0.243 e. The Balaban J connectivity index is 1.73. The number of nitrogens with one attached hydrogen (secondary N) is 1. The van der Waals surface area contributed by atoms with Crippen LogP contribution in [0, 0.1) is 0 Å². The standard InChI is InChI=1S/C16H13BrClN5/c17-12-3-1-2-11(8-12)14-9-15(10-4-6-13(18)7-5-10)23-16(19-14)20-21-22-23/h1-8,14-15H,9H2,(H,19,20,22). The van der Waals surface area contributed by atoms with Crippen LogP contribution in [-0.4, -0.2) is 20.2 Å². The predicted octanol–water partition coefficient (Wildman–Crippen LogP) is 4.24. The van der Waals surface area contributed by atoms with Crippen LogP contribution >= 0.6 is 27.5 Å². The Kier molecular flexibility index (Phi) is 3.79. The summed E-state index contributed by atoms with van der Waals surface area (Å²) in [5, 5.41) is 16.2. The van der Waals surface area contributed by atoms with Crippen molar-refractivity contribution in [3.8, 4) is 0 Å². The van der Waals surface area contributed by atoms with Crippen LogP contribution < -0.4 is 5.32 Å². The van der Waals surface area contributed by atoms with Gasteiger partial charge in [-0.1, -0.05) is 56.9 Å². The molecule has 0 amide bonds. The molecule has 2 atom stereocenters. The number of tetrazole rings is 1. The molecule has 2 unspecified atom stereocenters. The van der Waals surface area contributed by atoms with E-state index in [0.717, 1.165) is 21.5 Å². The van der Waals surface area contributed by atoms with E-state index >= 15 is 0 Å². The minimum Gasteiger partial charge on any atom is -0.346 e. The Bertz CT molecular complexity index is 832. The summed E-state index contributed by atoms with van der Waals surface area (Å²) in [5.41, 5.74) is 2.34. The fraction of sp³-hybridized carbons (Fsp3) is 0.188. The van der Waals surface area contributed by atoms with Gasteiger partial charge in [-0.15, -0.1) is 0 Å². The van der Waals surface area contributed by atoms with Gasteiger partial charge < -0.3 is 5.32 Å². The van der Waals surface area contributed by atoms with E-state index in [1.165, 1.54) is 5.56 Å². The second-order valence-electron chi connectivity index (χ2n) is 5.50. The van der Waals surface area contributed by atoms with Crippen LogP contribution in [0.2, 0.25) is 5.02 Å². The van der Waals surface area contributed by atoms with Crippen molar-refractivity contribution in [2.45, 2.75) is 18.5 Å². The van der Waals surface area contributed by atoms with Crippen LogP contribution in [0.1, 0.15) is 29.6 Å². The number of benzene rings is 2. The molecule has 1 aliphatic heterocycles. The van der Waals surface area contributed by atoms with E-state index in [2.05, 4.69) is 48.9 Å². The van der Waals surface area contributed by atoms with Gasteiger partial charge >= 0.3 is 0 Å². The van der Waals surface area contributed by atoms with Crippen molar-refractivity contribution in [2.24, 2.45) is 0 Å². The Morgan fingerprint density at radius 3 is 2.74 bits per heavy atom. The summed E-state index contributed by atoms with van der Waals surface area (Å²) < 4.78 is 2.89. The molecule has 0 saturated carbocycles. The monoisotopic (exact) mass is 389 g/mol. The highest BCUT2D eigenvalue weighted by molar-refractivity contribution is 9.10. The van der Waals surface area contributed by atoms with Crippen molar-refractivity contribution in [2.75, 3.05) is 5.32 Å². The lowest BCUT2D eigenvalue weighted by molar-refractivity contribution is 0.424. The second kappa shape index (κ2) is 5.94. The molecule has 0 saturated heterocycles. The number of aromatic nitrogens is 4. The minimum absolute atomic E-state index is 0.0718. The maximum Gasteiger partial charge on any atom is 0.243 e. The molecule has 2 aromatic carbocycles. The van der Waals surface area contributed by atoms with E-state index in [4.69, 9.17) is 11.6 Å². The molecule has 5 nitrogen and oxygen atoms in total. The molecule has 2 heterocycles. The quantitative estimate of drug-likeness (QED) is 0.711. The first-order valence-corrected chi connectivity index (χ1v) is 8.43. The molecule has 0 fully saturated rings. The third kappa shape index (κ3) is 2.84. The van der Waals surface area contributed by atoms with Crippen molar-refractivity contribution in [3.05, 3.63) is 69.2 Å². The first-order chi connectivity index (χ1) is 11.2. The molecule has 7 heteroatoms. The number of hydrogen-bond acceptors (Lipinski definition) is 4. The highest BCUT2D eigenvalue weighted by Gasteiger charge is 2.30. The number of fused-ring (bicyclic) bond motifs is 1. The first-order valence-electron chi connectivity index (χ1n) is 7.26. The van der Waals surface area contributed by atoms with Gasteiger partial charge in [0.15, 0.2) is 0 Å². The molecule has 0 bridgehead atoms. The van der Waals surface area contributed by atoms with Crippen molar-refractivity contribution in [1.29, 1.82) is 0 Å². The van der Waals surface area contributed by atoms with Crippen LogP contribution in [0.4, 0.5) is 5.95 Å². The Labute approximate surface area is 146 Å². The third-order valence-electron chi connectivity index (χ3n) is 4.06. The molecular formula is C16H13BrClN5. The van der Waals surface area contributed by atoms with Crippen molar-refractivity contribution >= 4 is 33.5 Å². The lowest BCUT2D eigenvalue weighted by Gasteiger charge is -2.31. The molecule has 1 N–H and O–H groups in total. The van der Waals surface area contributed by atoms with E-state index in [1.54, 1.807) is 0 Å². The van der Waals surface area contributed by atoms with Gasteiger partial charge in [-0.2, -0.15) is 0 Å². The summed E-state index contributed by atoms with van der Waals surface area (Å²) in [6, 6.07) is 16.4. The topological polar surface area (TPSA) is 55.6 Å². The SMILES string of the molecule is Clc1ccc(C2CC(c3cccc(Br)c3)Nc3nnnn32)cc1. The fourth-order valence-electron chi connectivity index (χ4n) is 2.94. The summed E-state index contributed by atoms with van der Waals surface area (Å²) >= 11 is 9.54. The van der Waals surface area contributed by atoms with Crippen LogP contribution in [0.25, 0.3) is 0 Å². The van der Waals surface area contributed by atoms with Gasteiger partial charge in [-0.05, 0) is 52.2 Å². The largest absolute Gasteiger partial charge is 0.346 e. The average molecular weight is 391 g/mol. The number of hydrogen-bond donors (Lipinski definition) is 1. The van der Waals surface area contributed by atoms with Gasteiger partial charge in [0.25, 0.3) is 0 Å². The van der Waals surface area contributed by atoms with E-state index in [-0.39, 0.29) is 12.1 Å². The van der Waals surface area contributed by atoms with E-state index in [9.17, 15) is 0 Å². The molecule has 1 aliphatic rings. The van der Waals surface area contributed by atoms with Crippen molar-refractivity contribution in [1.82, 2.24) is 20.2 Å². The average Bonchev–Trinajstić information content (AvgIpc) is 3.03. The minimum atomic E-state index is 0.0718. The van der Waals surface area contributed by atoms with Crippen molar-refractivity contribution < 1.29 is 0 Å². The molecule has 0 aliphatic carbocycles. The van der Waals surface area contributed by atoms with Crippen molar-refractivity contribution in [3.63, 3.8) is 0 Å². The lowest BCUT2D eigenvalue weighted by atomic mass is 9.93. The van der Waals surface area contributed by atoms with E-state index in [0.29, 0.717) is 5.95 Å². The van der Waals surface area contributed by atoms with Gasteiger partial charge in [0, 0.05) is 9.50 Å². The van der Waals surface area contributed by atoms with E-state index < -0.39 is 0 Å². The van der Waals surface area contributed by atoms with Gasteiger partial charge in [-0.3, -0.25) is 0 Å². The molecular weight excluding hydrogens is 378 g/mol. The summed E-state index contributed by atoms with van der Waals surface area (Å²) in [4.78, 5) is 0. The molecule has 0 radical (unpaired) electrons. The van der Waals surface area contributed by atoms with Gasteiger partial charge in [0.2, 0.25) is 5.95 Å². The Hall–Kier alpha value is -1.92. The lowest BCUT2D eigenvalue weighted by Crippen LogP contribution is -2.28. The van der Waals surface area contributed by atoms with Gasteiger partial charge in [0.1, 0.15) is 0 Å². The summed E-state index contributed by atoms with van der Waals surface area (Å²) in [6.07, 6.45) is 0.857. The molecule has 23 heavy (non-hydrogen) atoms. The molecule has 116 valence electrons. The zero-order valence-corrected chi connectivity index (χ0v) is 14.4. The van der Waals surface area contributed by atoms with Crippen LogP contribution in [0.15, 0.2) is 53.0 Å². The first kappa shape index (κ1) is 14.7. The number of rotatable bonds is 2. The van der Waals surface area contributed by atoms with Gasteiger partial charge in [0.05, 0.1) is 12.1 Å². The molecule has 3 aromatic rings. The second-order valence-corrected chi connectivity index (χ2v) is 6.85. The molecule has 0 spiro atoms. The zero-order chi connectivity index (χ0) is 15.8. The highest BCUT2D eigenvalue weighted by Crippen LogP contribution is 2.37. The maximum absolute atomic E-state index is 6.01. The summed E-state index contributed by atoms with van der Waals surface area (Å²) in [7, 11) is 0. The summed E-state index contributed by atoms with van der Waals surface area (Å²) in [5.74, 6) is 0.682. The Morgan fingerprint density at radius 1 is 1.13 bits per heavy atom. The Morgan fingerprint density at radius 2 is 1.96 bits per heavy atom. The fourth-order valence-corrected chi connectivity index (χ4v) is 3.48. The van der Waals surface area contributed by atoms with E-state index in [1.807, 2.05) is 41.1 Å². The van der Waals surface area contributed by atoms with Gasteiger partial charge in [-0.25, -0.2) is 4.68 Å². The van der Waals surface area contributed by atoms with Crippen LogP contribution in [-0.2, 0) is 0 Å². The highest BCUT2D eigenvalue weighted by atomic mass is 79.9. The summed E-state index contributed by atoms with van der Waals surface area (Å²) in [6.45, 7) is 0. The van der Waals surface area contributed by atoms with Crippen LogP contribution in [0.5, 0.6) is 0 Å². The zero-order valence-electron chi connectivity index (χ0n) is 12.0. The number of nitrogens with zero attached hydrogens (tertiary/aromatic N) is 4.